The van der Waals surface area contributed by atoms with Gasteiger partial charge < -0.3 is 19.9 Å². The zero-order valence-corrected chi connectivity index (χ0v) is 27.8. The normalized spacial score (nSPS) is 24.1. The van der Waals surface area contributed by atoms with Crippen LogP contribution >= 0.6 is 0 Å². The van der Waals surface area contributed by atoms with Crippen LogP contribution in [0.5, 0.6) is 0 Å². The average molecular weight is 665 g/mol. The van der Waals surface area contributed by atoms with E-state index in [4.69, 9.17) is 4.74 Å². The zero-order valence-electron chi connectivity index (χ0n) is 27.0. The van der Waals surface area contributed by atoms with E-state index in [1.807, 2.05) is 23.0 Å². The van der Waals surface area contributed by atoms with Gasteiger partial charge in [0.05, 0.1) is 30.0 Å². The number of sulfone groups is 1. The maximum Gasteiger partial charge on any atom is 0.407 e. The molecule has 0 radical (unpaired) electrons. The first-order chi connectivity index (χ1) is 22.8. The molecule has 2 aliphatic carbocycles. The predicted molar refractivity (Wildman–Crippen MR) is 176 cm³/mol. The number of aromatic nitrogens is 3. The van der Waals surface area contributed by atoms with Crippen molar-refractivity contribution in [3.8, 4) is 0 Å². The van der Waals surface area contributed by atoms with Crippen LogP contribution in [0.2, 0.25) is 0 Å². The van der Waals surface area contributed by atoms with Gasteiger partial charge in [-0.15, -0.1) is 5.10 Å². The molecule has 1 aromatic heterocycles. The highest BCUT2D eigenvalue weighted by Crippen LogP contribution is 2.51. The lowest BCUT2D eigenvalue weighted by Gasteiger charge is -2.51. The first-order valence-electron chi connectivity index (χ1n) is 17.0. The molecule has 47 heavy (non-hydrogen) atoms. The first-order valence-corrected chi connectivity index (χ1v) is 18.6. The third kappa shape index (κ3) is 6.50. The van der Waals surface area contributed by atoms with Gasteiger partial charge in [-0.25, -0.2) is 17.6 Å². The number of anilines is 1. The summed E-state index contributed by atoms with van der Waals surface area (Å²) >= 11 is 0. The van der Waals surface area contributed by atoms with Gasteiger partial charge in [-0.3, -0.25) is 4.68 Å². The summed E-state index contributed by atoms with van der Waals surface area (Å²) in [5.41, 5.74) is 1.58. The Labute approximate surface area is 276 Å². The van der Waals surface area contributed by atoms with Gasteiger partial charge in [0.25, 0.3) is 0 Å². The topological polar surface area (TPSA) is 110 Å². The summed E-state index contributed by atoms with van der Waals surface area (Å²) in [6, 6.07) is 14.4. The lowest BCUT2D eigenvalue weighted by Crippen LogP contribution is -2.56. The van der Waals surface area contributed by atoms with Crippen LogP contribution in [-0.2, 0) is 26.5 Å². The minimum Gasteiger partial charge on any atom is -0.453 e. The largest absolute Gasteiger partial charge is 0.453 e. The van der Waals surface area contributed by atoms with Gasteiger partial charge in [-0.2, -0.15) is 0 Å². The average Bonchev–Trinajstić information content (AvgIpc) is 3.63. The van der Waals surface area contributed by atoms with Gasteiger partial charge in [-0.1, -0.05) is 23.8 Å². The number of methoxy groups -OCH3 is 1. The standard InChI is InChI=1S/C35H45FN6O4S/c1-46-34(43)38-33-7-3-6-32(33)35(24-42-19-16-37-39-42,27-4-2-5-28(36)20-27)26-14-17-40(18-15-26)21-25-22-41(23-25)29-8-10-30(11-9-29)47(44,45)31-12-13-31/h2,4-5,8-11,16,19-20,25-26,31-33H,3,6-7,12-15,17-18,21-24H2,1H3,(H,38,43)/t32-,33-,35-/m0/s1. The molecule has 0 spiro atoms. The smallest absolute Gasteiger partial charge is 0.407 e. The SMILES string of the molecule is COC(=O)N[C@H]1CCC[C@@H]1[C@](Cn1ccnn1)(c1cccc(F)c1)C1CCN(CC2CN(c3ccc(S(=O)(=O)C4CC4)cc3)C2)CC1. The molecule has 3 heterocycles. The Morgan fingerprint density at radius 2 is 1.81 bits per heavy atom. The number of halogens is 1. The highest BCUT2D eigenvalue weighted by atomic mass is 32.2. The third-order valence-electron chi connectivity index (χ3n) is 11.2. The minimum atomic E-state index is -3.17. The van der Waals surface area contributed by atoms with E-state index in [0.717, 1.165) is 88.9 Å². The molecule has 2 saturated heterocycles. The fraction of sp³-hybridized carbons (Fsp3) is 0.571. The van der Waals surface area contributed by atoms with Crippen molar-refractivity contribution in [2.24, 2.45) is 17.8 Å². The first kappa shape index (κ1) is 32.1. The van der Waals surface area contributed by atoms with Crippen LogP contribution in [0, 0.1) is 23.6 Å². The van der Waals surface area contributed by atoms with Crippen LogP contribution in [-0.4, -0.2) is 85.5 Å². The molecule has 12 heteroatoms. The van der Waals surface area contributed by atoms with Gasteiger partial charge in [-0.05, 0) is 105 Å². The molecule has 3 atom stereocenters. The summed E-state index contributed by atoms with van der Waals surface area (Å²) in [5, 5.41) is 11.4. The molecular weight excluding hydrogens is 619 g/mol. The van der Waals surface area contributed by atoms with Crippen molar-refractivity contribution >= 4 is 21.6 Å². The highest BCUT2D eigenvalue weighted by Gasteiger charge is 2.52. The number of alkyl carbamates (subject to hydrolysis) is 1. The fourth-order valence-corrected chi connectivity index (χ4v) is 10.4. The fourth-order valence-electron chi connectivity index (χ4n) is 8.72. The van der Waals surface area contributed by atoms with Crippen molar-refractivity contribution in [1.29, 1.82) is 0 Å². The lowest BCUT2D eigenvalue weighted by molar-refractivity contribution is 0.0520. The minimum absolute atomic E-state index is 0.0787. The number of nitrogens with one attached hydrogen (secondary N) is 1. The maximum atomic E-state index is 14.9. The second-order valence-corrected chi connectivity index (χ2v) is 16.2. The van der Waals surface area contributed by atoms with E-state index < -0.39 is 21.3 Å². The molecule has 0 bridgehead atoms. The van der Waals surface area contributed by atoms with Gasteiger partial charge >= 0.3 is 6.09 Å². The number of piperidine rings is 1. The zero-order chi connectivity index (χ0) is 32.6. The van der Waals surface area contributed by atoms with Crippen molar-refractivity contribution in [1.82, 2.24) is 25.2 Å². The number of hydrogen-bond acceptors (Lipinski definition) is 8. The molecule has 10 nitrogen and oxygen atoms in total. The second kappa shape index (κ2) is 13.2. The molecule has 2 aliphatic heterocycles. The Kier molecular flexibility index (Phi) is 8.99. The van der Waals surface area contributed by atoms with E-state index in [-0.39, 0.29) is 28.9 Å². The summed E-state index contributed by atoms with van der Waals surface area (Å²) in [5.74, 6) is 0.619. The molecule has 2 saturated carbocycles. The molecule has 4 fully saturated rings. The highest BCUT2D eigenvalue weighted by molar-refractivity contribution is 7.92. The lowest BCUT2D eigenvalue weighted by atomic mass is 9.58. The van der Waals surface area contributed by atoms with Crippen molar-refractivity contribution in [3.05, 3.63) is 72.3 Å². The number of rotatable bonds is 11. The Hall–Kier alpha value is -3.51. The monoisotopic (exact) mass is 664 g/mol. The second-order valence-electron chi connectivity index (χ2n) is 14.0. The number of ether oxygens (including phenoxy) is 1. The molecule has 7 rings (SSSR count). The predicted octanol–water partition coefficient (Wildman–Crippen LogP) is 4.66. The van der Waals surface area contributed by atoms with E-state index in [9.17, 15) is 17.6 Å². The van der Waals surface area contributed by atoms with E-state index in [0.29, 0.717) is 17.4 Å². The van der Waals surface area contributed by atoms with Crippen LogP contribution in [0.3, 0.4) is 0 Å². The van der Waals surface area contributed by atoms with Crippen LogP contribution in [0.4, 0.5) is 14.9 Å². The molecule has 1 N–H and O–H groups in total. The van der Waals surface area contributed by atoms with Gasteiger partial charge in [0.2, 0.25) is 0 Å². The summed E-state index contributed by atoms with van der Waals surface area (Å²) in [6.07, 6.45) is 9.35. The quantitative estimate of drug-likeness (QED) is 0.315. The van der Waals surface area contributed by atoms with Crippen LogP contribution in [0.25, 0.3) is 0 Å². The molecule has 2 aromatic carbocycles. The number of hydrogen-bond donors (Lipinski definition) is 1. The van der Waals surface area contributed by atoms with Crippen LogP contribution < -0.4 is 10.2 Å². The Bertz CT molecular complexity index is 1640. The Balaban J connectivity index is 1.05. The summed E-state index contributed by atoms with van der Waals surface area (Å²) < 4.78 is 47.0. The van der Waals surface area contributed by atoms with Gasteiger partial charge in [0.15, 0.2) is 9.84 Å². The Morgan fingerprint density at radius 3 is 2.47 bits per heavy atom. The maximum absolute atomic E-state index is 14.9. The van der Waals surface area contributed by atoms with E-state index in [1.165, 1.54) is 13.2 Å². The molecule has 1 amide bonds. The number of carbonyl (C=O) groups excluding carboxylic acids is 1. The molecule has 3 aromatic rings. The molecule has 4 aliphatic rings. The Morgan fingerprint density at radius 1 is 1.04 bits per heavy atom. The number of nitrogens with zero attached hydrogens (tertiary/aromatic N) is 5. The van der Waals surface area contributed by atoms with Crippen molar-refractivity contribution in [2.45, 2.75) is 73.1 Å². The summed E-state index contributed by atoms with van der Waals surface area (Å²) in [4.78, 5) is 17.8. The van der Waals surface area contributed by atoms with Crippen molar-refractivity contribution in [2.75, 3.05) is 44.7 Å². The number of carbonyl (C=O) groups is 1. The summed E-state index contributed by atoms with van der Waals surface area (Å²) in [6.45, 7) is 5.39. The van der Waals surface area contributed by atoms with Crippen molar-refractivity contribution < 1.29 is 22.3 Å². The van der Waals surface area contributed by atoms with E-state index in [2.05, 4.69) is 31.5 Å². The van der Waals surface area contributed by atoms with Gasteiger partial charge in [0.1, 0.15) is 5.82 Å². The van der Waals surface area contributed by atoms with E-state index >= 15 is 0 Å². The molecule has 252 valence electrons. The van der Waals surface area contributed by atoms with Crippen LogP contribution in [0.15, 0.2) is 65.8 Å². The number of benzene rings is 2. The number of amides is 1. The van der Waals surface area contributed by atoms with Gasteiger partial charge in [0, 0.05) is 48.9 Å². The molecular formula is C35H45FN6O4S. The third-order valence-corrected chi connectivity index (χ3v) is 13.5. The van der Waals surface area contributed by atoms with E-state index in [1.54, 1.807) is 30.5 Å². The number of likely N-dealkylation sites (tertiary alicyclic amines) is 1. The molecule has 0 unspecified atom stereocenters. The van der Waals surface area contributed by atoms with Crippen LogP contribution in [0.1, 0.15) is 50.5 Å². The summed E-state index contributed by atoms with van der Waals surface area (Å²) in [7, 11) is -1.78. The van der Waals surface area contributed by atoms with Crippen molar-refractivity contribution in [3.63, 3.8) is 0 Å².